The summed E-state index contributed by atoms with van der Waals surface area (Å²) in [6.45, 7) is 1.71. The van der Waals surface area contributed by atoms with Gasteiger partial charge in [0.2, 0.25) is 0 Å². The summed E-state index contributed by atoms with van der Waals surface area (Å²) in [5.74, 6) is 0.938. The van der Waals surface area contributed by atoms with E-state index in [1.807, 2.05) is 42.5 Å². The van der Waals surface area contributed by atoms with Crippen molar-refractivity contribution in [2.45, 2.75) is 18.9 Å². The van der Waals surface area contributed by atoms with Gasteiger partial charge >= 0.3 is 0 Å². The lowest BCUT2D eigenvalue weighted by Gasteiger charge is -2.23. The van der Waals surface area contributed by atoms with Crippen LogP contribution in [0.3, 0.4) is 0 Å². The first-order valence-corrected chi connectivity index (χ1v) is 6.74. The van der Waals surface area contributed by atoms with Gasteiger partial charge < -0.3 is 10.6 Å². The molecule has 1 aliphatic rings. The van der Waals surface area contributed by atoms with Gasteiger partial charge in [-0.25, -0.2) is 0 Å². The Labute approximate surface area is 113 Å². The molecule has 1 fully saturated rings. The maximum atomic E-state index is 5.79. The summed E-state index contributed by atoms with van der Waals surface area (Å²) < 4.78 is 0. The van der Waals surface area contributed by atoms with Gasteiger partial charge in [0.1, 0.15) is 0 Å². The van der Waals surface area contributed by atoms with Gasteiger partial charge in [-0.05, 0) is 25.0 Å². The van der Waals surface area contributed by atoms with E-state index in [1.165, 1.54) is 6.42 Å². The van der Waals surface area contributed by atoms with Gasteiger partial charge in [0.25, 0.3) is 0 Å². The third-order valence-electron chi connectivity index (χ3n) is 3.66. The number of aromatic nitrogens is 2. The van der Waals surface area contributed by atoms with Crippen LogP contribution in [0, 0.1) is 0 Å². The molecule has 1 aromatic carbocycles. The van der Waals surface area contributed by atoms with Gasteiger partial charge in [-0.1, -0.05) is 30.3 Å². The molecule has 0 aliphatic carbocycles. The zero-order valence-electron chi connectivity index (χ0n) is 10.9. The maximum Gasteiger partial charge on any atom is 0.151 e. The van der Waals surface area contributed by atoms with Gasteiger partial charge in [0.15, 0.2) is 5.82 Å². The summed E-state index contributed by atoms with van der Waals surface area (Å²) in [6, 6.07) is 14.6. The van der Waals surface area contributed by atoms with E-state index in [4.69, 9.17) is 5.73 Å². The summed E-state index contributed by atoms with van der Waals surface area (Å²) in [5, 5.41) is 8.69. The second-order valence-electron chi connectivity index (χ2n) is 4.87. The molecule has 19 heavy (non-hydrogen) atoms. The van der Waals surface area contributed by atoms with Gasteiger partial charge in [-0.15, -0.1) is 10.2 Å². The van der Waals surface area contributed by atoms with E-state index in [2.05, 4.69) is 15.1 Å². The summed E-state index contributed by atoms with van der Waals surface area (Å²) in [4.78, 5) is 2.27. The van der Waals surface area contributed by atoms with Gasteiger partial charge in [0.05, 0.1) is 5.69 Å². The predicted octanol–water partition coefficient (Wildman–Crippen LogP) is 2.07. The third kappa shape index (κ3) is 2.44. The van der Waals surface area contributed by atoms with Gasteiger partial charge in [-0.3, -0.25) is 0 Å². The van der Waals surface area contributed by atoms with Gasteiger partial charge in [0, 0.05) is 24.7 Å². The minimum Gasteiger partial charge on any atom is -0.351 e. The zero-order chi connectivity index (χ0) is 13.1. The maximum absolute atomic E-state index is 5.79. The highest BCUT2D eigenvalue weighted by molar-refractivity contribution is 5.59. The Kier molecular flexibility index (Phi) is 3.42. The van der Waals surface area contributed by atoms with Crippen LogP contribution in [0.25, 0.3) is 11.3 Å². The molecule has 1 atom stereocenters. The van der Waals surface area contributed by atoms with Crippen molar-refractivity contribution in [3.63, 3.8) is 0 Å². The van der Waals surface area contributed by atoms with Crippen LogP contribution in [-0.4, -0.2) is 29.3 Å². The van der Waals surface area contributed by atoms with E-state index < -0.39 is 0 Å². The second kappa shape index (κ2) is 5.36. The highest BCUT2D eigenvalue weighted by Crippen LogP contribution is 2.24. The van der Waals surface area contributed by atoms with Crippen LogP contribution < -0.4 is 10.6 Å². The second-order valence-corrected chi connectivity index (χ2v) is 4.87. The molecule has 1 unspecified atom stereocenters. The predicted molar refractivity (Wildman–Crippen MR) is 76.9 cm³/mol. The molecule has 0 amide bonds. The van der Waals surface area contributed by atoms with E-state index in [1.54, 1.807) is 0 Å². The van der Waals surface area contributed by atoms with Crippen molar-refractivity contribution >= 4 is 5.82 Å². The normalized spacial score (nSPS) is 18.8. The number of hydrogen-bond acceptors (Lipinski definition) is 4. The molecule has 2 heterocycles. The van der Waals surface area contributed by atoms with Crippen molar-refractivity contribution in [3.8, 4) is 11.3 Å². The average molecular weight is 254 g/mol. The summed E-state index contributed by atoms with van der Waals surface area (Å²) in [7, 11) is 0. The van der Waals surface area contributed by atoms with E-state index in [0.29, 0.717) is 12.6 Å². The van der Waals surface area contributed by atoms with Crippen LogP contribution >= 0.6 is 0 Å². The number of hydrogen-bond donors (Lipinski definition) is 1. The zero-order valence-corrected chi connectivity index (χ0v) is 10.9. The number of anilines is 1. The smallest absolute Gasteiger partial charge is 0.151 e. The van der Waals surface area contributed by atoms with E-state index >= 15 is 0 Å². The van der Waals surface area contributed by atoms with Crippen LogP contribution in [0.2, 0.25) is 0 Å². The lowest BCUT2D eigenvalue weighted by atomic mass is 10.1. The molecule has 0 radical (unpaired) electrons. The fraction of sp³-hybridized carbons (Fsp3) is 0.333. The number of nitrogens with two attached hydrogens (primary N) is 1. The van der Waals surface area contributed by atoms with E-state index in [-0.39, 0.29) is 0 Å². The Morgan fingerprint density at radius 2 is 1.95 bits per heavy atom. The topological polar surface area (TPSA) is 55.0 Å². The van der Waals surface area contributed by atoms with Crippen molar-refractivity contribution in [1.82, 2.24) is 10.2 Å². The Morgan fingerprint density at radius 1 is 1.11 bits per heavy atom. The highest BCUT2D eigenvalue weighted by Gasteiger charge is 2.24. The third-order valence-corrected chi connectivity index (χ3v) is 3.66. The molecule has 3 rings (SSSR count). The van der Waals surface area contributed by atoms with Crippen LogP contribution in [0.4, 0.5) is 5.82 Å². The first kappa shape index (κ1) is 12.1. The van der Waals surface area contributed by atoms with Crippen molar-refractivity contribution in [1.29, 1.82) is 0 Å². The average Bonchev–Trinajstić information content (AvgIpc) is 2.97. The largest absolute Gasteiger partial charge is 0.351 e. The van der Waals surface area contributed by atoms with E-state index in [9.17, 15) is 0 Å². The Bertz CT molecular complexity index is 524. The quantitative estimate of drug-likeness (QED) is 0.911. The molecule has 4 nitrogen and oxygen atoms in total. The van der Waals surface area contributed by atoms with Crippen LogP contribution in [0.5, 0.6) is 0 Å². The first-order chi connectivity index (χ1) is 9.38. The standard InChI is InChI=1S/C15H18N4/c16-11-13-7-4-10-19(13)15-9-8-14(17-18-15)12-5-2-1-3-6-12/h1-3,5-6,8-9,13H,4,7,10-11,16H2. The fourth-order valence-electron chi connectivity index (χ4n) is 2.62. The van der Waals surface area contributed by atoms with E-state index in [0.717, 1.165) is 30.0 Å². The van der Waals surface area contributed by atoms with Crippen LogP contribution in [0.1, 0.15) is 12.8 Å². The fourth-order valence-corrected chi connectivity index (χ4v) is 2.62. The molecule has 98 valence electrons. The van der Waals surface area contributed by atoms with Crippen molar-refractivity contribution in [2.24, 2.45) is 5.73 Å². The monoisotopic (exact) mass is 254 g/mol. The molecule has 2 aromatic rings. The molecule has 0 bridgehead atoms. The number of rotatable bonds is 3. The molecular formula is C15H18N4. The van der Waals surface area contributed by atoms with Gasteiger partial charge in [-0.2, -0.15) is 0 Å². The molecule has 1 saturated heterocycles. The SMILES string of the molecule is NCC1CCCN1c1ccc(-c2ccccc2)nn1. The first-order valence-electron chi connectivity index (χ1n) is 6.74. The molecule has 0 spiro atoms. The Morgan fingerprint density at radius 3 is 2.63 bits per heavy atom. The Hall–Kier alpha value is -1.94. The molecule has 4 heteroatoms. The van der Waals surface area contributed by atoms with Crippen LogP contribution in [-0.2, 0) is 0 Å². The molecule has 2 N–H and O–H groups in total. The number of nitrogens with zero attached hydrogens (tertiary/aromatic N) is 3. The van der Waals surface area contributed by atoms with Crippen molar-refractivity contribution < 1.29 is 0 Å². The lowest BCUT2D eigenvalue weighted by molar-refractivity contribution is 0.668. The summed E-state index contributed by atoms with van der Waals surface area (Å²) in [5.41, 5.74) is 7.80. The van der Waals surface area contributed by atoms with Crippen molar-refractivity contribution in [3.05, 3.63) is 42.5 Å². The Balaban J connectivity index is 1.83. The molecule has 1 aliphatic heterocycles. The number of benzene rings is 1. The highest BCUT2D eigenvalue weighted by atomic mass is 15.3. The molecule has 0 saturated carbocycles. The lowest BCUT2D eigenvalue weighted by Crippen LogP contribution is -2.36. The van der Waals surface area contributed by atoms with Crippen molar-refractivity contribution in [2.75, 3.05) is 18.0 Å². The van der Waals surface area contributed by atoms with Crippen LogP contribution in [0.15, 0.2) is 42.5 Å². The minimum absolute atomic E-state index is 0.414. The minimum atomic E-state index is 0.414. The molecular weight excluding hydrogens is 236 g/mol. The summed E-state index contributed by atoms with van der Waals surface area (Å²) in [6.07, 6.45) is 2.34. The summed E-state index contributed by atoms with van der Waals surface area (Å²) >= 11 is 0. The molecule has 1 aromatic heterocycles.